The molecule has 0 bridgehead atoms. The van der Waals surface area contributed by atoms with Crippen molar-refractivity contribution in [1.82, 2.24) is 0 Å². The molecule has 0 saturated carbocycles. The van der Waals surface area contributed by atoms with Crippen LogP contribution in [0.3, 0.4) is 0 Å². The Morgan fingerprint density at radius 1 is 1.19 bits per heavy atom. The fourth-order valence-electron chi connectivity index (χ4n) is 1.60. The van der Waals surface area contributed by atoms with E-state index in [4.69, 9.17) is 14.6 Å². The Bertz CT molecular complexity index is 574. The highest BCUT2D eigenvalue weighted by atomic mass is 19.4. The summed E-state index contributed by atoms with van der Waals surface area (Å²) in [5.41, 5.74) is -0.763. The van der Waals surface area contributed by atoms with E-state index in [0.717, 1.165) is 19.3 Å². The fourth-order valence-corrected chi connectivity index (χ4v) is 1.60. The van der Waals surface area contributed by atoms with Crippen LogP contribution in [0.25, 0.3) is 6.08 Å². The summed E-state index contributed by atoms with van der Waals surface area (Å²) in [6.07, 6.45) is 0.111. The highest BCUT2D eigenvalue weighted by Crippen LogP contribution is 2.42. The lowest BCUT2D eigenvalue weighted by Gasteiger charge is -2.16. The van der Waals surface area contributed by atoms with Gasteiger partial charge in [0.2, 0.25) is 0 Å². The molecule has 0 unspecified atom stereocenters. The number of hydrogen-bond donors (Lipinski definition) is 1. The van der Waals surface area contributed by atoms with E-state index in [9.17, 15) is 18.0 Å². The van der Waals surface area contributed by atoms with E-state index in [1.165, 1.54) is 31.4 Å². The van der Waals surface area contributed by atoms with Crippen LogP contribution in [-0.4, -0.2) is 25.3 Å². The van der Waals surface area contributed by atoms with Crippen molar-refractivity contribution in [2.24, 2.45) is 0 Å². The topological polar surface area (TPSA) is 55.8 Å². The van der Waals surface area contributed by atoms with E-state index < -0.39 is 23.5 Å². The van der Waals surface area contributed by atoms with Gasteiger partial charge in [0, 0.05) is 6.08 Å². The molecule has 0 aromatic heterocycles. The van der Waals surface area contributed by atoms with Crippen molar-refractivity contribution in [2.75, 3.05) is 14.2 Å². The summed E-state index contributed by atoms with van der Waals surface area (Å²) in [6.45, 7) is 0. The zero-order chi connectivity index (χ0) is 16.0. The summed E-state index contributed by atoms with van der Waals surface area (Å²) in [5, 5.41) is 8.41. The quantitative estimate of drug-likeness (QED) is 0.669. The van der Waals surface area contributed by atoms with Crippen LogP contribution in [0, 0.1) is 0 Å². The smallest absolute Gasteiger partial charge is 0.420 e. The molecule has 7 heteroatoms. The van der Waals surface area contributed by atoms with Gasteiger partial charge in [0.05, 0.1) is 14.2 Å². The molecule has 114 valence electrons. The molecule has 0 amide bonds. The zero-order valence-electron chi connectivity index (χ0n) is 11.3. The van der Waals surface area contributed by atoms with Crippen molar-refractivity contribution < 1.29 is 32.5 Å². The lowest BCUT2D eigenvalue weighted by molar-refractivity contribution is -0.139. The van der Waals surface area contributed by atoms with E-state index in [-0.39, 0.29) is 11.3 Å². The molecule has 0 saturated heterocycles. The highest BCUT2D eigenvalue weighted by Gasteiger charge is 2.36. The van der Waals surface area contributed by atoms with Crippen molar-refractivity contribution in [3.8, 4) is 11.5 Å². The lowest BCUT2D eigenvalue weighted by atomic mass is 10.1. The van der Waals surface area contributed by atoms with Gasteiger partial charge >= 0.3 is 12.1 Å². The Morgan fingerprint density at radius 2 is 1.86 bits per heavy atom. The molecule has 1 aromatic rings. The molecule has 0 heterocycles. The molecule has 4 nitrogen and oxygen atoms in total. The third-order valence-corrected chi connectivity index (χ3v) is 2.45. The van der Waals surface area contributed by atoms with Crippen LogP contribution in [0.15, 0.2) is 30.4 Å². The summed E-state index contributed by atoms with van der Waals surface area (Å²) in [4.78, 5) is 10.3. The van der Waals surface area contributed by atoms with Crippen molar-refractivity contribution >= 4 is 12.0 Å². The first kappa shape index (κ1) is 16.6. The van der Waals surface area contributed by atoms with Crippen LogP contribution in [0.1, 0.15) is 11.1 Å². The number of rotatable bonds is 5. The van der Waals surface area contributed by atoms with Crippen LogP contribution >= 0.6 is 0 Å². The van der Waals surface area contributed by atoms with Gasteiger partial charge in [-0.25, -0.2) is 4.79 Å². The number of hydrogen-bond acceptors (Lipinski definition) is 3. The Morgan fingerprint density at radius 3 is 2.33 bits per heavy atom. The predicted molar refractivity (Wildman–Crippen MR) is 70.4 cm³/mol. The summed E-state index contributed by atoms with van der Waals surface area (Å²) < 4.78 is 48.6. The number of benzene rings is 1. The lowest BCUT2D eigenvalue weighted by Crippen LogP contribution is -2.09. The van der Waals surface area contributed by atoms with Gasteiger partial charge in [0.1, 0.15) is 5.56 Å². The number of alkyl halides is 3. The van der Waals surface area contributed by atoms with Gasteiger partial charge in [0.15, 0.2) is 11.5 Å². The maximum atomic E-state index is 13.0. The van der Waals surface area contributed by atoms with E-state index in [1.807, 2.05) is 0 Å². The van der Waals surface area contributed by atoms with Crippen LogP contribution in [0.5, 0.6) is 11.5 Å². The molecule has 0 aliphatic rings. The van der Waals surface area contributed by atoms with E-state index in [1.54, 1.807) is 0 Å². The molecule has 1 rings (SSSR count). The predicted octanol–water partition coefficient (Wildman–Crippen LogP) is 3.38. The first-order valence-corrected chi connectivity index (χ1v) is 5.70. The number of ether oxygens (including phenoxy) is 2. The van der Waals surface area contributed by atoms with Crippen molar-refractivity contribution in [1.29, 1.82) is 0 Å². The molecule has 0 atom stereocenters. The largest absolute Gasteiger partial charge is 0.493 e. The summed E-state index contributed by atoms with van der Waals surface area (Å²) in [7, 11) is 2.36. The van der Waals surface area contributed by atoms with Crippen LogP contribution in [0.4, 0.5) is 13.2 Å². The minimum atomic E-state index is -4.60. The Balaban J connectivity index is 3.27. The highest BCUT2D eigenvalue weighted by molar-refractivity contribution is 5.80. The number of methoxy groups -OCH3 is 2. The maximum Gasteiger partial charge on any atom is 0.420 e. The van der Waals surface area contributed by atoms with E-state index >= 15 is 0 Å². The maximum absolute atomic E-state index is 13.0. The number of carboxylic acid groups (broad SMARTS) is 1. The first-order chi connectivity index (χ1) is 9.79. The van der Waals surface area contributed by atoms with Gasteiger partial charge in [-0.05, 0) is 17.7 Å². The van der Waals surface area contributed by atoms with Crippen molar-refractivity contribution in [3.05, 3.63) is 41.5 Å². The second kappa shape index (κ2) is 6.83. The standard InChI is InChI=1S/C14H13F3O4/c1-20-11-8-9(5-3-4-6-12(18)19)7-10(13(11)21-2)14(15,16)17/h3-8H,1-2H3,(H,18,19)/b5-3+,6-4+. The van der Waals surface area contributed by atoms with Gasteiger partial charge in [-0.3, -0.25) is 0 Å². The molecule has 21 heavy (non-hydrogen) atoms. The second-order valence-corrected chi connectivity index (χ2v) is 3.86. The monoisotopic (exact) mass is 302 g/mol. The van der Waals surface area contributed by atoms with Crippen molar-refractivity contribution in [3.63, 3.8) is 0 Å². The number of aliphatic carboxylic acids is 1. The molecular formula is C14H13F3O4. The van der Waals surface area contributed by atoms with Gasteiger partial charge in [-0.1, -0.05) is 18.2 Å². The average molecular weight is 302 g/mol. The third-order valence-electron chi connectivity index (χ3n) is 2.45. The van der Waals surface area contributed by atoms with Crippen LogP contribution in [0.2, 0.25) is 0 Å². The van der Waals surface area contributed by atoms with Crippen molar-refractivity contribution in [2.45, 2.75) is 6.18 Å². The number of carbonyl (C=O) groups is 1. The average Bonchev–Trinajstić information content (AvgIpc) is 2.41. The minimum absolute atomic E-state index is 0.0609. The van der Waals surface area contributed by atoms with Gasteiger partial charge < -0.3 is 14.6 Å². The molecule has 0 fully saturated rings. The number of allylic oxidation sites excluding steroid dienone is 2. The van der Waals surface area contributed by atoms with Gasteiger partial charge in [-0.15, -0.1) is 0 Å². The molecular weight excluding hydrogens is 289 g/mol. The molecule has 1 aromatic carbocycles. The summed E-state index contributed by atoms with van der Waals surface area (Å²) >= 11 is 0. The normalized spacial score (nSPS) is 12.0. The zero-order valence-corrected chi connectivity index (χ0v) is 11.3. The number of carboxylic acids is 1. The molecule has 0 aliphatic carbocycles. The minimum Gasteiger partial charge on any atom is -0.493 e. The van der Waals surface area contributed by atoms with E-state index in [2.05, 4.69) is 0 Å². The SMILES string of the molecule is COc1cc(/C=C/C=C/C(=O)O)cc(C(F)(F)F)c1OC. The third kappa shape index (κ3) is 4.55. The second-order valence-electron chi connectivity index (χ2n) is 3.86. The molecule has 1 N–H and O–H groups in total. The Hall–Kier alpha value is -2.44. The first-order valence-electron chi connectivity index (χ1n) is 5.70. The van der Waals surface area contributed by atoms with Gasteiger partial charge in [-0.2, -0.15) is 13.2 Å². The molecule has 0 radical (unpaired) electrons. The van der Waals surface area contributed by atoms with Crippen LogP contribution < -0.4 is 9.47 Å². The summed E-state index contributed by atoms with van der Waals surface area (Å²) in [5.74, 6) is -1.61. The van der Waals surface area contributed by atoms with Gasteiger partial charge in [0.25, 0.3) is 0 Å². The molecule has 0 spiro atoms. The summed E-state index contributed by atoms with van der Waals surface area (Å²) in [6, 6.07) is 2.26. The molecule has 0 aliphatic heterocycles. The Labute approximate surface area is 119 Å². The van der Waals surface area contributed by atoms with Crippen LogP contribution in [-0.2, 0) is 11.0 Å². The Kier molecular flexibility index (Phi) is 5.40. The fraction of sp³-hybridized carbons (Fsp3) is 0.214. The number of halogens is 3. The van der Waals surface area contributed by atoms with E-state index in [0.29, 0.717) is 0 Å².